The van der Waals surface area contributed by atoms with E-state index in [4.69, 9.17) is 11.1 Å². The largest absolute Gasteiger partial charge is 0.388 e. The van der Waals surface area contributed by atoms with Gasteiger partial charge in [0, 0.05) is 6.42 Å². The van der Waals surface area contributed by atoms with Crippen molar-refractivity contribution in [3.8, 4) is 0 Å². The Morgan fingerprint density at radius 2 is 2.00 bits per heavy atom. The lowest BCUT2D eigenvalue weighted by atomic mass is 9.99. The average molecular weight is 170 g/mol. The van der Waals surface area contributed by atoms with Crippen molar-refractivity contribution < 1.29 is 0 Å². The molecule has 3 N–H and O–H groups in total. The SMILES string of the molecule is CCCC(C)CCCCC(=N)N. The van der Waals surface area contributed by atoms with Crippen molar-refractivity contribution >= 4 is 5.84 Å². The molecule has 72 valence electrons. The summed E-state index contributed by atoms with van der Waals surface area (Å²) in [6.07, 6.45) is 7.00. The molecule has 0 aliphatic carbocycles. The molecule has 0 spiro atoms. The van der Waals surface area contributed by atoms with Gasteiger partial charge in [-0.3, -0.25) is 5.41 Å². The predicted molar refractivity (Wildman–Crippen MR) is 54.5 cm³/mol. The first kappa shape index (κ1) is 11.5. The molecule has 0 aromatic carbocycles. The highest BCUT2D eigenvalue weighted by atomic mass is 14.7. The van der Waals surface area contributed by atoms with Crippen LogP contribution >= 0.6 is 0 Å². The first-order valence-electron chi connectivity index (χ1n) is 4.99. The third-order valence-corrected chi connectivity index (χ3v) is 2.17. The van der Waals surface area contributed by atoms with Gasteiger partial charge in [-0.05, 0) is 12.3 Å². The lowest BCUT2D eigenvalue weighted by Gasteiger charge is -2.08. The van der Waals surface area contributed by atoms with Crippen LogP contribution in [-0.4, -0.2) is 5.84 Å². The predicted octanol–water partition coefficient (Wildman–Crippen LogP) is 2.92. The molecule has 0 aliphatic heterocycles. The zero-order valence-corrected chi connectivity index (χ0v) is 8.40. The Labute approximate surface area is 76.0 Å². The maximum atomic E-state index is 7.04. The fourth-order valence-electron chi connectivity index (χ4n) is 1.45. The Morgan fingerprint density at radius 1 is 1.33 bits per heavy atom. The minimum absolute atomic E-state index is 0.332. The van der Waals surface area contributed by atoms with Crippen LogP contribution in [0.2, 0.25) is 0 Å². The van der Waals surface area contributed by atoms with Crippen LogP contribution in [0.15, 0.2) is 0 Å². The van der Waals surface area contributed by atoms with Crippen molar-refractivity contribution in [2.75, 3.05) is 0 Å². The van der Waals surface area contributed by atoms with Gasteiger partial charge in [-0.2, -0.15) is 0 Å². The quantitative estimate of drug-likeness (QED) is 0.344. The summed E-state index contributed by atoms with van der Waals surface area (Å²) in [4.78, 5) is 0. The van der Waals surface area contributed by atoms with Crippen molar-refractivity contribution in [3.05, 3.63) is 0 Å². The summed E-state index contributed by atoms with van der Waals surface area (Å²) in [5, 5.41) is 7.04. The highest BCUT2D eigenvalue weighted by Crippen LogP contribution is 2.14. The molecule has 2 heteroatoms. The molecule has 1 unspecified atom stereocenters. The number of amidine groups is 1. The van der Waals surface area contributed by atoms with Gasteiger partial charge < -0.3 is 5.73 Å². The monoisotopic (exact) mass is 170 g/mol. The molecular weight excluding hydrogens is 148 g/mol. The topological polar surface area (TPSA) is 49.9 Å². The minimum atomic E-state index is 0.332. The van der Waals surface area contributed by atoms with Crippen LogP contribution < -0.4 is 5.73 Å². The molecule has 12 heavy (non-hydrogen) atoms. The summed E-state index contributed by atoms with van der Waals surface area (Å²) in [6.45, 7) is 4.53. The average Bonchev–Trinajstić information content (AvgIpc) is 1.98. The van der Waals surface area contributed by atoms with E-state index in [2.05, 4.69) is 13.8 Å². The molecule has 2 nitrogen and oxygen atoms in total. The van der Waals surface area contributed by atoms with Gasteiger partial charge in [0.25, 0.3) is 0 Å². The maximum Gasteiger partial charge on any atom is 0.0905 e. The normalized spacial score (nSPS) is 12.8. The van der Waals surface area contributed by atoms with Crippen molar-refractivity contribution in [1.82, 2.24) is 0 Å². The first-order valence-corrected chi connectivity index (χ1v) is 4.99. The molecule has 0 heterocycles. The van der Waals surface area contributed by atoms with Gasteiger partial charge in [0.2, 0.25) is 0 Å². The summed E-state index contributed by atoms with van der Waals surface area (Å²) in [7, 11) is 0. The Kier molecular flexibility index (Phi) is 6.82. The Balaban J connectivity index is 3.13. The van der Waals surface area contributed by atoms with Gasteiger partial charge in [0.1, 0.15) is 0 Å². The van der Waals surface area contributed by atoms with E-state index in [1.807, 2.05) is 0 Å². The second-order valence-corrected chi connectivity index (χ2v) is 3.66. The number of hydrogen-bond acceptors (Lipinski definition) is 1. The van der Waals surface area contributed by atoms with E-state index in [1.54, 1.807) is 0 Å². The van der Waals surface area contributed by atoms with Gasteiger partial charge in [-0.25, -0.2) is 0 Å². The molecule has 0 saturated carbocycles. The smallest absolute Gasteiger partial charge is 0.0905 e. The molecule has 0 saturated heterocycles. The molecule has 0 amide bonds. The molecular formula is C10H22N2. The van der Waals surface area contributed by atoms with Crippen LogP contribution in [0.5, 0.6) is 0 Å². The van der Waals surface area contributed by atoms with Gasteiger partial charge in [0.05, 0.1) is 5.84 Å². The van der Waals surface area contributed by atoms with Crippen molar-refractivity contribution in [1.29, 1.82) is 5.41 Å². The highest BCUT2D eigenvalue weighted by molar-refractivity contribution is 5.76. The minimum Gasteiger partial charge on any atom is -0.388 e. The van der Waals surface area contributed by atoms with E-state index < -0.39 is 0 Å². The second-order valence-electron chi connectivity index (χ2n) is 3.66. The maximum absolute atomic E-state index is 7.04. The lowest BCUT2D eigenvalue weighted by molar-refractivity contribution is 0.463. The van der Waals surface area contributed by atoms with Crippen LogP contribution in [0.25, 0.3) is 0 Å². The summed E-state index contributed by atoms with van der Waals surface area (Å²) < 4.78 is 0. The summed E-state index contributed by atoms with van der Waals surface area (Å²) in [5.41, 5.74) is 5.25. The fraction of sp³-hybridized carbons (Fsp3) is 0.900. The van der Waals surface area contributed by atoms with Gasteiger partial charge in [0.15, 0.2) is 0 Å². The van der Waals surface area contributed by atoms with Crippen LogP contribution in [0.4, 0.5) is 0 Å². The Morgan fingerprint density at radius 3 is 2.50 bits per heavy atom. The van der Waals surface area contributed by atoms with Crippen molar-refractivity contribution in [2.24, 2.45) is 11.7 Å². The van der Waals surface area contributed by atoms with E-state index >= 15 is 0 Å². The molecule has 1 atom stereocenters. The van der Waals surface area contributed by atoms with Crippen LogP contribution in [0, 0.1) is 11.3 Å². The molecule has 0 bridgehead atoms. The lowest BCUT2D eigenvalue weighted by Crippen LogP contribution is -2.08. The van der Waals surface area contributed by atoms with Crippen LogP contribution in [-0.2, 0) is 0 Å². The first-order chi connectivity index (χ1) is 5.66. The van der Waals surface area contributed by atoms with Gasteiger partial charge in [-0.15, -0.1) is 0 Å². The third-order valence-electron chi connectivity index (χ3n) is 2.17. The molecule has 0 aliphatic rings. The van der Waals surface area contributed by atoms with Crippen molar-refractivity contribution in [2.45, 2.75) is 52.4 Å². The fourth-order valence-corrected chi connectivity index (χ4v) is 1.45. The van der Waals surface area contributed by atoms with Crippen LogP contribution in [0.3, 0.4) is 0 Å². The number of nitrogens with two attached hydrogens (primary N) is 1. The molecule has 0 aromatic rings. The zero-order valence-electron chi connectivity index (χ0n) is 8.40. The van der Waals surface area contributed by atoms with Gasteiger partial charge >= 0.3 is 0 Å². The summed E-state index contributed by atoms with van der Waals surface area (Å²) >= 11 is 0. The number of hydrogen-bond donors (Lipinski definition) is 2. The number of rotatable bonds is 7. The standard InChI is InChI=1S/C10H22N2/c1-3-6-9(2)7-4-5-8-10(11)12/h9H,3-8H2,1-2H3,(H3,11,12). The van der Waals surface area contributed by atoms with E-state index in [-0.39, 0.29) is 0 Å². The van der Waals surface area contributed by atoms with E-state index in [1.165, 1.54) is 25.7 Å². The van der Waals surface area contributed by atoms with Crippen molar-refractivity contribution in [3.63, 3.8) is 0 Å². The Bertz CT molecular complexity index is 121. The van der Waals surface area contributed by atoms with E-state index in [9.17, 15) is 0 Å². The highest BCUT2D eigenvalue weighted by Gasteiger charge is 1.99. The molecule has 0 fully saturated rings. The van der Waals surface area contributed by atoms with Gasteiger partial charge in [-0.1, -0.05) is 39.5 Å². The Hall–Kier alpha value is -0.530. The summed E-state index contributed by atoms with van der Waals surface area (Å²) in [5.74, 6) is 1.18. The number of unbranched alkanes of at least 4 members (excludes halogenated alkanes) is 1. The van der Waals surface area contributed by atoms with E-state index in [0.717, 1.165) is 18.8 Å². The second kappa shape index (κ2) is 7.14. The molecule has 0 aromatic heterocycles. The third kappa shape index (κ3) is 7.58. The summed E-state index contributed by atoms with van der Waals surface area (Å²) in [6, 6.07) is 0. The molecule has 0 rings (SSSR count). The zero-order chi connectivity index (χ0) is 9.40. The van der Waals surface area contributed by atoms with E-state index in [0.29, 0.717) is 5.84 Å². The number of nitrogens with one attached hydrogen (secondary N) is 1. The van der Waals surface area contributed by atoms with Crippen LogP contribution in [0.1, 0.15) is 52.4 Å². The molecule has 0 radical (unpaired) electrons.